The molecule has 0 bridgehead atoms. The number of hydrogen-bond donors (Lipinski definition) is 1. The minimum absolute atomic E-state index is 0.181. The Bertz CT molecular complexity index is 964. The molecule has 0 amide bonds. The van der Waals surface area contributed by atoms with Crippen LogP contribution in [0.2, 0.25) is 0 Å². The zero-order valence-electron chi connectivity index (χ0n) is 20.7. The molecular weight excluding hydrogens is 464 g/mol. The average molecular weight is 507 g/mol. The molecule has 0 saturated carbocycles. The molecule has 4 nitrogen and oxygen atoms in total. The Hall–Kier alpha value is -1.50. The predicted molar refractivity (Wildman–Crippen MR) is 143 cm³/mol. The van der Waals surface area contributed by atoms with E-state index in [1.807, 2.05) is 24.3 Å². The molecule has 0 aliphatic carbocycles. The van der Waals surface area contributed by atoms with Gasteiger partial charge in [0.25, 0.3) is 0 Å². The van der Waals surface area contributed by atoms with E-state index < -0.39 is 20.4 Å². The Morgan fingerprint density at radius 2 is 1.35 bits per heavy atom. The molecule has 0 aromatic heterocycles. The highest BCUT2D eigenvalue weighted by molar-refractivity contribution is 8.33. The second-order valence-electron chi connectivity index (χ2n) is 9.48. The van der Waals surface area contributed by atoms with Crippen LogP contribution in [0.15, 0.2) is 58.3 Å². The third-order valence-corrected chi connectivity index (χ3v) is 12.4. The highest BCUT2D eigenvalue weighted by Crippen LogP contribution is 2.63. The SMILES string of the molecule is CCCCCCCCCCCCc1ccccc1S(=O)(=O)OS1(c2ccc(O)cc2)CCCC1. The first-order chi connectivity index (χ1) is 16.5. The number of hydrogen-bond acceptors (Lipinski definition) is 4. The van der Waals surface area contributed by atoms with Gasteiger partial charge in [0.05, 0.1) is 4.90 Å². The molecule has 0 spiro atoms. The number of aromatic hydroxyl groups is 1. The summed E-state index contributed by atoms with van der Waals surface area (Å²) in [6.07, 6.45) is 15.3. The van der Waals surface area contributed by atoms with Crippen molar-refractivity contribution in [1.29, 1.82) is 0 Å². The molecule has 1 saturated heterocycles. The van der Waals surface area contributed by atoms with Crippen molar-refractivity contribution in [3.05, 3.63) is 54.1 Å². The molecule has 3 rings (SSSR count). The summed E-state index contributed by atoms with van der Waals surface area (Å²) in [6.45, 7) is 2.25. The van der Waals surface area contributed by atoms with Crippen molar-refractivity contribution in [2.45, 2.75) is 100 Å². The second-order valence-corrected chi connectivity index (χ2v) is 14.3. The molecule has 0 atom stereocenters. The van der Waals surface area contributed by atoms with Crippen molar-refractivity contribution >= 4 is 20.4 Å². The molecular formula is C28H42O4S2. The van der Waals surface area contributed by atoms with Crippen LogP contribution >= 0.6 is 10.3 Å². The Balaban J connectivity index is 1.57. The summed E-state index contributed by atoms with van der Waals surface area (Å²) in [5, 5.41) is 9.67. The summed E-state index contributed by atoms with van der Waals surface area (Å²) in [5.41, 5.74) is 0.861. The third-order valence-electron chi connectivity index (χ3n) is 6.73. The topological polar surface area (TPSA) is 63.6 Å². The lowest BCUT2D eigenvalue weighted by atomic mass is 10.0. The van der Waals surface area contributed by atoms with Crippen LogP contribution in [0.25, 0.3) is 0 Å². The Morgan fingerprint density at radius 3 is 1.97 bits per heavy atom. The summed E-state index contributed by atoms with van der Waals surface area (Å²) in [6, 6.07) is 14.2. The van der Waals surface area contributed by atoms with Gasteiger partial charge in [0, 0.05) is 16.4 Å². The van der Waals surface area contributed by atoms with Gasteiger partial charge in [-0.1, -0.05) is 93.2 Å². The standard InChI is InChI=1S/C28H42O4S2/c1-2-3-4-5-6-7-8-9-10-11-16-25-17-12-13-18-28(25)34(30,31)32-33(23-14-15-24-33)27-21-19-26(29)20-22-27/h12-13,17-22,29H,2-11,14-16,23-24H2,1H3. The Kier molecular flexibility index (Phi) is 10.8. The molecule has 2 aromatic carbocycles. The fourth-order valence-electron chi connectivity index (χ4n) is 4.77. The molecule has 1 aliphatic heterocycles. The van der Waals surface area contributed by atoms with Crippen LogP contribution in [-0.2, 0) is 20.2 Å². The van der Waals surface area contributed by atoms with Gasteiger partial charge in [0.15, 0.2) is 0 Å². The van der Waals surface area contributed by atoms with Gasteiger partial charge in [-0.25, -0.2) is 3.63 Å². The van der Waals surface area contributed by atoms with E-state index in [1.165, 1.54) is 51.4 Å². The van der Waals surface area contributed by atoms with Gasteiger partial charge < -0.3 is 5.11 Å². The number of aryl methyl sites for hydroxylation is 1. The summed E-state index contributed by atoms with van der Waals surface area (Å²) in [4.78, 5) is 1.22. The fourth-order valence-corrected chi connectivity index (χ4v) is 10.7. The van der Waals surface area contributed by atoms with Crippen LogP contribution in [0.1, 0.15) is 89.5 Å². The van der Waals surface area contributed by atoms with E-state index in [9.17, 15) is 13.5 Å². The minimum atomic E-state index is -3.88. The van der Waals surface area contributed by atoms with E-state index in [4.69, 9.17) is 3.63 Å². The normalized spacial score (nSPS) is 16.5. The van der Waals surface area contributed by atoms with E-state index in [1.54, 1.807) is 24.3 Å². The third kappa shape index (κ3) is 7.76. The van der Waals surface area contributed by atoms with Crippen molar-refractivity contribution in [3.8, 4) is 5.75 Å². The smallest absolute Gasteiger partial charge is 0.306 e. The molecule has 0 unspecified atom stereocenters. The lowest BCUT2D eigenvalue weighted by Crippen LogP contribution is -2.16. The first-order valence-electron chi connectivity index (χ1n) is 13.1. The van der Waals surface area contributed by atoms with Crippen LogP contribution in [0.4, 0.5) is 0 Å². The number of phenolic OH excluding ortho intramolecular Hbond substituents is 1. The van der Waals surface area contributed by atoms with Gasteiger partial charge in [-0.05, 0) is 61.6 Å². The summed E-state index contributed by atoms with van der Waals surface area (Å²) < 4.78 is 33.1. The maximum Gasteiger partial charge on any atom is 0.306 e. The second kappa shape index (κ2) is 13.6. The molecule has 190 valence electrons. The van der Waals surface area contributed by atoms with Gasteiger partial charge in [0.2, 0.25) is 0 Å². The van der Waals surface area contributed by atoms with Gasteiger partial charge in [-0.15, -0.1) is 0 Å². The van der Waals surface area contributed by atoms with Crippen LogP contribution < -0.4 is 0 Å². The predicted octanol–water partition coefficient (Wildman–Crippen LogP) is 8.13. The summed E-state index contributed by atoms with van der Waals surface area (Å²) >= 11 is 0. The Labute approximate surface area is 208 Å². The van der Waals surface area contributed by atoms with Crippen molar-refractivity contribution in [3.63, 3.8) is 0 Å². The van der Waals surface area contributed by atoms with Gasteiger partial charge in [-0.3, -0.25) is 0 Å². The fraction of sp³-hybridized carbons (Fsp3) is 0.571. The number of unbranched alkanes of at least 4 members (excludes halogenated alkanes) is 9. The molecule has 1 heterocycles. The van der Waals surface area contributed by atoms with Crippen molar-refractivity contribution in [1.82, 2.24) is 0 Å². The molecule has 1 fully saturated rings. The van der Waals surface area contributed by atoms with Crippen LogP contribution in [0.3, 0.4) is 0 Å². The van der Waals surface area contributed by atoms with E-state index in [0.717, 1.165) is 54.1 Å². The lowest BCUT2D eigenvalue weighted by molar-refractivity contribution is 0.475. The highest BCUT2D eigenvalue weighted by atomic mass is 32.3. The molecule has 1 N–H and O–H groups in total. The van der Waals surface area contributed by atoms with Gasteiger partial charge in [0.1, 0.15) is 5.75 Å². The first kappa shape index (κ1) is 27.1. The van der Waals surface area contributed by atoms with Crippen LogP contribution in [-0.4, -0.2) is 25.0 Å². The summed E-state index contributed by atoms with van der Waals surface area (Å²) in [5.74, 6) is 1.68. The van der Waals surface area contributed by atoms with Gasteiger partial charge in [-0.2, -0.15) is 8.42 Å². The minimum Gasteiger partial charge on any atom is -0.508 e. The van der Waals surface area contributed by atoms with E-state index in [0.29, 0.717) is 4.90 Å². The van der Waals surface area contributed by atoms with Crippen LogP contribution in [0, 0.1) is 0 Å². The zero-order valence-corrected chi connectivity index (χ0v) is 22.3. The average Bonchev–Trinajstić information content (AvgIpc) is 3.30. The first-order valence-corrected chi connectivity index (χ1v) is 16.4. The molecule has 0 radical (unpaired) electrons. The number of phenols is 1. The van der Waals surface area contributed by atoms with Crippen molar-refractivity contribution in [2.75, 3.05) is 11.5 Å². The maximum absolute atomic E-state index is 13.5. The monoisotopic (exact) mass is 506 g/mol. The molecule has 1 aliphatic rings. The van der Waals surface area contributed by atoms with E-state index in [-0.39, 0.29) is 5.75 Å². The van der Waals surface area contributed by atoms with Crippen molar-refractivity contribution in [2.24, 2.45) is 0 Å². The quantitative estimate of drug-likeness (QED) is 0.248. The number of rotatable bonds is 15. The maximum atomic E-state index is 13.5. The van der Waals surface area contributed by atoms with Crippen molar-refractivity contribution < 1.29 is 17.2 Å². The molecule has 34 heavy (non-hydrogen) atoms. The van der Waals surface area contributed by atoms with E-state index >= 15 is 0 Å². The lowest BCUT2D eigenvalue weighted by Gasteiger charge is -2.34. The molecule has 2 aromatic rings. The van der Waals surface area contributed by atoms with Crippen LogP contribution in [0.5, 0.6) is 5.75 Å². The number of benzene rings is 2. The zero-order chi connectivity index (χ0) is 24.3. The Morgan fingerprint density at radius 1 is 0.794 bits per heavy atom. The van der Waals surface area contributed by atoms with E-state index in [2.05, 4.69) is 6.92 Å². The molecule has 6 heteroatoms. The largest absolute Gasteiger partial charge is 0.508 e. The summed E-state index contributed by atoms with van der Waals surface area (Å²) in [7, 11) is -5.80. The highest BCUT2D eigenvalue weighted by Gasteiger charge is 2.37. The van der Waals surface area contributed by atoms with Gasteiger partial charge >= 0.3 is 10.1 Å².